The molecule has 1 aliphatic carbocycles. The Labute approximate surface area is 151 Å². The van der Waals surface area contributed by atoms with Crippen molar-refractivity contribution < 1.29 is 9.32 Å². The van der Waals surface area contributed by atoms with Gasteiger partial charge in [-0.05, 0) is 49.1 Å². The minimum atomic E-state index is -0.585. The summed E-state index contributed by atoms with van der Waals surface area (Å²) >= 11 is 0. The largest absolute Gasteiger partial charge is 0.439 e. The second-order valence-electron chi connectivity index (χ2n) is 7.29. The monoisotopic (exact) mass is 356 g/mol. The number of nitrogens with zero attached hydrogens (tertiary/aromatic N) is 1. The van der Waals surface area contributed by atoms with Crippen molar-refractivity contribution >= 4 is 11.6 Å². The first kappa shape index (κ1) is 17.0. The first-order valence-electron chi connectivity index (χ1n) is 9.41. The topological polar surface area (TPSA) is 100 Å². The highest BCUT2D eigenvalue weighted by Gasteiger charge is 2.38. The Morgan fingerprint density at radius 2 is 1.88 bits per heavy atom. The lowest BCUT2D eigenvalue weighted by molar-refractivity contribution is -0.119. The zero-order valence-electron chi connectivity index (χ0n) is 14.7. The summed E-state index contributed by atoms with van der Waals surface area (Å²) in [6, 6.07) is 7.11. The van der Waals surface area contributed by atoms with E-state index in [-0.39, 0.29) is 11.9 Å². The molecule has 2 atom stereocenters. The number of carbonyl (C=O) groups is 1. The van der Waals surface area contributed by atoms with Crippen molar-refractivity contribution in [1.29, 1.82) is 0 Å². The van der Waals surface area contributed by atoms with E-state index < -0.39 is 5.76 Å². The third-order valence-electron chi connectivity index (χ3n) is 5.67. The highest BCUT2D eigenvalue weighted by molar-refractivity contribution is 5.95. The normalized spacial score (nSPS) is 23.8. The van der Waals surface area contributed by atoms with E-state index in [4.69, 9.17) is 0 Å². The molecule has 1 aromatic heterocycles. The van der Waals surface area contributed by atoms with E-state index in [0.717, 1.165) is 24.2 Å². The fraction of sp³-hybridized carbons (Fsp3) is 0.526. The summed E-state index contributed by atoms with van der Waals surface area (Å²) in [7, 11) is 0. The maximum absolute atomic E-state index is 12.8. The summed E-state index contributed by atoms with van der Waals surface area (Å²) in [5, 5.41) is 10.1. The van der Waals surface area contributed by atoms with Crippen LogP contribution < -0.4 is 16.4 Å². The lowest BCUT2D eigenvalue weighted by Gasteiger charge is -2.30. The molecule has 0 unspecified atom stereocenters. The molecule has 1 saturated carbocycles. The second-order valence-corrected chi connectivity index (χ2v) is 7.29. The van der Waals surface area contributed by atoms with Gasteiger partial charge in [-0.1, -0.05) is 37.3 Å². The van der Waals surface area contributed by atoms with Crippen LogP contribution in [-0.4, -0.2) is 28.6 Å². The summed E-state index contributed by atoms with van der Waals surface area (Å²) < 4.78 is 4.51. The number of carbonyl (C=O) groups excluding carboxylic acids is 1. The predicted molar refractivity (Wildman–Crippen MR) is 97.7 cm³/mol. The van der Waals surface area contributed by atoms with Crippen LogP contribution in [0.15, 0.2) is 33.6 Å². The minimum Gasteiger partial charge on any atom is -0.325 e. The average Bonchev–Trinajstić information content (AvgIpc) is 3.32. The van der Waals surface area contributed by atoms with Crippen molar-refractivity contribution in [3.05, 3.63) is 34.8 Å². The van der Waals surface area contributed by atoms with Crippen molar-refractivity contribution in [1.82, 2.24) is 15.5 Å². The average molecular weight is 356 g/mol. The van der Waals surface area contributed by atoms with Crippen LogP contribution >= 0.6 is 0 Å². The Morgan fingerprint density at radius 3 is 2.58 bits per heavy atom. The van der Waals surface area contributed by atoms with Crippen LogP contribution in [0.2, 0.25) is 0 Å². The number of benzene rings is 1. The van der Waals surface area contributed by atoms with Gasteiger partial charge in [0.2, 0.25) is 5.91 Å². The fourth-order valence-corrected chi connectivity index (χ4v) is 4.37. The van der Waals surface area contributed by atoms with Crippen LogP contribution in [0.4, 0.5) is 5.69 Å². The Morgan fingerprint density at radius 1 is 1.12 bits per heavy atom. The number of hydrogen-bond acceptors (Lipinski definition) is 5. The van der Waals surface area contributed by atoms with E-state index in [0.29, 0.717) is 17.7 Å². The second kappa shape index (κ2) is 7.45. The van der Waals surface area contributed by atoms with Crippen LogP contribution in [0.1, 0.15) is 38.5 Å². The lowest BCUT2D eigenvalue weighted by Crippen LogP contribution is -2.42. The van der Waals surface area contributed by atoms with Gasteiger partial charge in [0.25, 0.3) is 0 Å². The van der Waals surface area contributed by atoms with Gasteiger partial charge in [-0.25, -0.2) is 4.79 Å². The number of amides is 1. The molecule has 7 heteroatoms. The van der Waals surface area contributed by atoms with E-state index in [9.17, 15) is 9.59 Å². The van der Waals surface area contributed by atoms with Crippen LogP contribution in [0, 0.1) is 11.8 Å². The van der Waals surface area contributed by atoms with Gasteiger partial charge in [0.15, 0.2) is 5.82 Å². The zero-order valence-corrected chi connectivity index (χ0v) is 14.7. The maximum atomic E-state index is 12.8. The molecule has 1 aromatic carbocycles. The number of anilines is 1. The van der Waals surface area contributed by atoms with Crippen LogP contribution in [0.3, 0.4) is 0 Å². The molecule has 26 heavy (non-hydrogen) atoms. The molecule has 1 aliphatic heterocycles. The van der Waals surface area contributed by atoms with Gasteiger partial charge >= 0.3 is 5.76 Å². The van der Waals surface area contributed by atoms with Gasteiger partial charge < -0.3 is 10.6 Å². The fourth-order valence-electron chi connectivity index (χ4n) is 4.37. The molecule has 1 amide bonds. The Balaban J connectivity index is 1.41. The van der Waals surface area contributed by atoms with Crippen molar-refractivity contribution in [3.8, 4) is 11.4 Å². The molecule has 0 radical (unpaired) electrons. The number of nitrogens with one attached hydrogen (secondary N) is 3. The quantitative estimate of drug-likeness (QED) is 0.782. The van der Waals surface area contributed by atoms with Gasteiger partial charge in [0.1, 0.15) is 0 Å². The van der Waals surface area contributed by atoms with Crippen molar-refractivity contribution in [2.45, 2.75) is 44.6 Å². The Hall–Kier alpha value is -2.41. The first-order chi connectivity index (χ1) is 12.7. The molecule has 3 N–H and O–H groups in total. The number of rotatable bonds is 4. The molecule has 0 bridgehead atoms. The SMILES string of the molecule is O=C(Nc1ccc(-c2noc(=O)[nH]2)cc1)[C@H]1NCC[C@H]1C1CCCCC1. The van der Waals surface area contributed by atoms with Crippen molar-refractivity contribution in [3.63, 3.8) is 0 Å². The number of H-pyrrole nitrogens is 1. The van der Waals surface area contributed by atoms with E-state index >= 15 is 0 Å². The van der Waals surface area contributed by atoms with Gasteiger partial charge in [0, 0.05) is 11.3 Å². The Kier molecular flexibility index (Phi) is 4.88. The standard InChI is InChI=1S/C19H24N4O3/c24-18(16-15(10-11-20-16)12-4-2-1-3-5-12)21-14-8-6-13(7-9-14)17-22-19(25)26-23-17/h6-9,12,15-16,20H,1-5,10-11H2,(H,21,24)(H,22,23,25)/t15-,16-/m0/s1. The lowest BCUT2D eigenvalue weighted by atomic mass is 9.76. The number of aromatic nitrogens is 2. The van der Waals surface area contributed by atoms with E-state index in [1.165, 1.54) is 32.1 Å². The van der Waals surface area contributed by atoms with Gasteiger partial charge in [-0.15, -0.1) is 0 Å². The van der Waals surface area contributed by atoms with Gasteiger partial charge in [-0.2, -0.15) is 0 Å². The summed E-state index contributed by atoms with van der Waals surface area (Å²) in [5.74, 6) is 0.942. The van der Waals surface area contributed by atoms with E-state index in [1.54, 1.807) is 12.1 Å². The third-order valence-corrected chi connectivity index (χ3v) is 5.67. The molecule has 138 valence electrons. The molecular weight excluding hydrogens is 332 g/mol. The highest BCUT2D eigenvalue weighted by atomic mass is 16.5. The predicted octanol–water partition coefficient (Wildman–Crippen LogP) is 2.53. The molecule has 0 spiro atoms. The smallest absolute Gasteiger partial charge is 0.325 e. The highest BCUT2D eigenvalue weighted by Crippen LogP contribution is 2.36. The molecule has 2 aliphatic rings. The molecular formula is C19H24N4O3. The van der Waals surface area contributed by atoms with Gasteiger partial charge in [-0.3, -0.25) is 14.3 Å². The zero-order chi connectivity index (χ0) is 17.9. The molecule has 1 saturated heterocycles. The minimum absolute atomic E-state index is 0.0423. The molecule has 7 nitrogen and oxygen atoms in total. The van der Waals surface area contributed by atoms with E-state index in [1.807, 2.05) is 12.1 Å². The Bertz CT molecular complexity index is 805. The molecule has 2 aromatic rings. The summed E-state index contributed by atoms with van der Waals surface area (Å²) in [5.41, 5.74) is 1.47. The first-order valence-corrected chi connectivity index (χ1v) is 9.41. The number of aromatic amines is 1. The van der Waals surface area contributed by atoms with Crippen molar-refractivity contribution in [2.75, 3.05) is 11.9 Å². The summed E-state index contributed by atoms with van der Waals surface area (Å²) in [4.78, 5) is 26.3. The van der Waals surface area contributed by atoms with Crippen LogP contribution in [0.25, 0.3) is 11.4 Å². The maximum Gasteiger partial charge on any atom is 0.439 e. The molecule has 4 rings (SSSR count). The van der Waals surface area contributed by atoms with Crippen LogP contribution in [0.5, 0.6) is 0 Å². The summed E-state index contributed by atoms with van der Waals surface area (Å²) in [6.45, 7) is 0.914. The number of hydrogen-bond donors (Lipinski definition) is 3. The van der Waals surface area contributed by atoms with Crippen LogP contribution in [-0.2, 0) is 4.79 Å². The summed E-state index contributed by atoms with van der Waals surface area (Å²) in [6.07, 6.45) is 7.50. The third kappa shape index (κ3) is 3.58. The molecule has 2 heterocycles. The van der Waals surface area contributed by atoms with Crippen molar-refractivity contribution in [2.24, 2.45) is 11.8 Å². The van der Waals surface area contributed by atoms with E-state index in [2.05, 4.69) is 25.3 Å². The molecule has 2 fully saturated rings. The van der Waals surface area contributed by atoms with Gasteiger partial charge in [0.05, 0.1) is 6.04 Å².